The minimum Gasteiger partial charge on any atom is -0.444 e. The maximum Gasteiger partial charge on any atom is 0.412 e. The molecule has 3 rings (SSSR count). The van der Waals surface area contributed by atoms with Crippen molar-refractivity contribution in [3.8, 4) is 0 Å². The Morgan fingerprint density at radius 1 is 0.897 bits per heavy atom. The molecule has 2 amide bonds. The molecule has 0 saturated carbocycles. The largest absolute Gasteiger partial charge is 0.444 e. The Kier molecular flexibility index (Phi) is 6.39. The highest BCUT2D eigenvalue weighted by atomic mass is 16.6. The minimum atomic E-state index is -0.568. The average molecular weight is 397 g/mol. The van der Waals surface area contributed by atoms with Crippen LogP contribution in [0.4, 0.5) is 21.9 Å². The lowest BCUT2D eigenvalue weighted by Crippen LogP contribution is -2.36. The van der Waals surface area contributed by atoms with Crippen molar-refractivity contribution in [2.24, 2.45) is 0 Å². The Balaban J connectivity index is 1.55. The number of amides is 2. The maximum atomic E-state index is 12.5. The van der Waals surface area contributed by atoms with Gasteiger partial charge >= 0.3 is 6.09 Å². The fourth-order valence-corrected chi connectivity index (χ4v) is 2.91. The second kappa shape index (κ2) is 8.96. The fraction of sp³-hybridized carbons (Fsp3) is 0.364. The molecule has 1 heterocycles. The molecule has 1 saturated heterocycles. The molecule has 7 heteroatoms. The van der Waals surface area contributed by atoms with E-state index in [2.05, 4.69) is 15.5 Å². The number of nitrogens with zero attached hydrogens (tertiary/aromatic N) is 1. The minimum absolute atomic E-state index is 0.215. The zero-order valence-corrected chi connectivity index (χ0v) is 17.0. The van der Waals surface area contributed by atoms with Crippen LogP contribution in [-0.4, -0.2) is 43.9 Å². The SMILES string of the molecule is CC(C)(C)OC(=O)Nc1ccc(C(=O)Nc2ccc(N3CCOCC3)cc2)cc1. The highest BCUT2D eigenvalue weighted by molar-refractivity contribution is 6.04. The lowest BCUT2D eigenvalue weighted by atomic mass is 10.2. The lowest BCUT2D eigenvalue weighted by molar-refractivity contribution is 0.0636. The van der Waals surface area contributed by atoms with Crippen molar-refractivity contribution < 1.29 is 19.1 Å². The van der Waals surface area contributed by atoms with Gasteiger partial charge in [-0.25, -0.2) is 4.79 Å². The molecule has 0 aromatic heterocycles. The van der Waals surface area contributed by atoms with Gasteiger partial charge in [-0.15, -0.1) is 0 Å². The van der Waals surface area contributed by atoms with Crippen LogP contribution in [0.3, 0.4) is 0 Å². The molecule has 2 N–H and O–H groups in total. The predicted molar refractivity (Wildman–Crippen MR) is 114 cm³/mol. The van der Waals surface area contributed by atoms with E-state index in [0.717, 1.165) is 37.7 Å². The van der Waals surface area contributed by atoms with Crippen LogP contribution < -0.4 is 15.5 Å². The third-order valence-corrected chi connectivity index (χ3v) is 4.29. The predicted octanol–water partition coefficient (Wildman–Crippen LogP) is 4.12. The van der Waals surface area contributed by atoms with E-state index < -0.39 is 11.7 Å². The third kappa shape index (κ3) is 6.22. The summed E-state index contributed by atoms with van der Waals surface area (Å²) in [6.07, 6.45) is -0.532. The highest BCUT2D eigenvalue weighted by Gasteiger charge is 2.16. The number of carbonyl (C=O) groups excluding carboxylic acids is 2. The average Bonchev–Trinajstić information content (AvgIpc) is 2.68. The number of nitrogens with one attached hydrogen (secondary N) is 2. The summed E-state index contributed by atoms with van der Waals surface area (Å²) in [5.74, 6) is -0.215. The number of ether oxygens (including phenoxy) is 2. The van der Waals surface area contributed by atoms with Gasteiger partial charge in [0.1, 0.15) is 5.60 Å². The topological polar surface area (TPSA) is 79.9 Å². The van der Waals surface area contributed by atoms with Crippen LogP contribution >= 0.6 is 0 Å². The Morgan fingerprint density at radius 2 is 1.45 bits per heavy atom. The van der Waals surface area contributed by atoms with Crippen molar-refractivity contribution in [2.45, 2.75) is 26.4 Å². The van der Waals surface area contributed by atoms with E-state index in [1.807, 2.05) is 24.3 Å². The molecule has 0 unspecified atom stereocenters. The quantitative estimate of drug-likeness (QED) is 0.811. The third-order valence-electron chi connectivity index (χ3n) is 4.29. The molecule has 0 spiro atoms. The van der Waals surface area contributed by atoms with E-state index in [1.54, 1.807) is 45.0 Å². The summed E-state index contributed by atoms with van der Waals surface area (Å²) in [5, 5.41) is 5.53. The van der Waals surface area contributed by atoms with E-state index in [-0.39, 0.29) is 5.91 Å². The molecule has 0 radical (unpaired) electrons. The van der Waals surface area contributed by atoms with E-state index in [1.165, 1.54) is 0 Å². The van der Waals surface area contributed by atoms with Crippen LogP contribution in [-0.2, 0) is 9.47 Å². The van der Waals surface area contributed by atoms with Gasteiger partial charge in [-0.3, -0.25) is 10.1 Å². The van der Waals surface area contributed by atoms with Gasteiger partial charge < -0.3 is 19.7 Å². The van der Waals surface area contributed by atoms with Crippen molar-refractivity contribution >= 4 is 29.1 Å². The van der Waals surface area contributed by atoms with Crippen molar-refractivity contribution in [3.63, 3.8) is 0 Å². The van der Waals surface area contributed by atoms with Gasteiger partial charge in [0.25, 0.3) is 5.91 Å². The van der Waals surface area contributed by atoms with Gasteiger partial charge in [-0.05, 0) is 69.3 Å². The molecular weight excluding hydrogens is 370 g/mol. The summed E-state index contributed by atoms with van der Waals surface area (Å²) in [7, 11) is 0. The first kappa shape index (κ1) is 20.7. The van der Waals surface area contributed by atoms with Crippen LogP contribution in [0.15, 0.2) is 48.5 Å². The standard InChI is InChI=1S/C22H27N3O4/c1-22(2,3)29-21(27)24-18-6-4-16(5-7-18)20(26)23-17-8-10-19(11-9-17)25-12-14-28-15-13-25/h4-11H,12-15H2,1-3H3,(H,23,26)(H,24,27). The monoisotopic (exact) mass is 397 g/mol. The molecule has 1 aliphatic heterocycles. The molecule has 2 aromatic carbocycles. The number of carbonyl (C=O) groups is 2. The van der Waals surface area contributed by atoms with Crippen molar-refractivity contribution in [1.82, 2.24) is 0 Å². The van der Waals surface area contributed by atoms with E-state index >= 15 is 0 Å². The lowest BCUT2D eigenvalue weighted by Gasteiger charge is -2.28. The highest BCUT2D eigenvalue weighted by Crippen LogP contribution is 2.20. The first-order valence-electron chi connectivity index (χ1n) is 9.64. The zero-order chi connectivity index (χ0) is 20.9. The van der Waals surface area contributed by atoms with Gasteiger partial charge in [-0.1, -0.05) is 0 Å². The molecule has 0 aliphatic carbocycles. The Labute approximate surface area is 171 Å². The van der Waals surface area contributed by atoms with Gasteiger partial charge in [0, 0.05) is 35.7 Å². The van der Waals surface area contributed by atoms with Crippen LogP contribution in [0, 0.1) is 0 Å². The van der Waals surface area contributed by atoms with Crippen LogP contribution in [0.5, 0.6) is 0 Å². The van der Waals surface area contributed by atoms with Crippen LogP contribution in [0.25, 0.3) is 0 Å². The first-order valence-corrected chi connectivity index (χ1v) is 9.64. The number of hydrogen-bond acceptors (Lipinski definition) is 5. The number of hydrogen-bond donors (Lipinski definition) is 2. The number of anilines is 3. The molecule has 1 aliphatic rings. The van der Waals surface area contributed by atoms with E-state index in [4.69, 9.17) is 9.47 Å². The van der Waals surface area contributed by atoms with Gasteiger partial charge in [0.05, 0.1) is 13.2 Å². The second-order valence-corrected chi connectivity index (χ2v) is 7.80. The van der Waals surface area contributed by atoms with Crippen LogP contribution in [0.2, 0.25) is 0 Å². The van der Waals surface area contributed by atoms with Crippen molar-refractivity contribution in [3.05, 3.63) is 54.1 Å². The summed E-state index contributed by atoms with van der Waals surface area (Å²) >= 11 is 0. The molecular formula is C22H27N3O4. The zero-order valence-electron chi connectivity index (χ0n) is 17.0. The number of rotatable bonds is 4. The van der Waals surface area contributed by atoms with E-state index in [9.17, 15) is 9.59 Å². The van der Waals surface area contributed by atoms with Crippen LogP contribution in [0.1, 0.15) is 31.1 Å². The fourth-order valence-electron chi connectivity index (χ4n) is 2.91. The molecule has 0 bridgehead atoms. The van der Waals surface area contributed by atoms with Crippen molar-refractivity contribution in [2.75, 3.05) is 41.8 Å². The van der Waals surface area contributed by atoms with Crippen molar-refractivity contribution in [1.29, 1.82) is 0 Å². The molecule has 29 heavy (non-hydrogen) atoms. The summed E-state index contributed by atoms with van der Waals surface area (Å²) in [6.45, 7) is 8.60. The molecule has 2 aromatic rings. The molecule has 154 valence electrons. The Morgan fingerprint density at radius 3 is 2.03 bits per heavy atom. The smallest absolute Gasteiger partial charge is 0.412 e. The summed E-state index contributed by atoms with van der Waals surface area (Å²) in [4.78, 5) is 26.5. The summed E-state index contributed by atoms with van der Waals surface area (Å²) < 4.78 is 10.6. The summed E-state index contributed by atoms with van der Waals surface area (Å²) in [6, 6.07) is 14.4. The van der Waals surface area contributed by atoms with Gasteiger partial charge in [0.2, 0.25) is 0 Å². The molecule has 7 nitrogen and oxygen atoms in total. The second-order valence-electron chi connectivity index (χ2n) is 7.80. The maximum absolute atomic E-state index is 12.5. The van der Waals surface area contributed by atoms with Gasteiger partial charge in [-0.2, -0.15) is 0 Å². The van der Waals surface area contributed by atoms with Gasteiger partial charge in [0.15, 0.2) is 0 Å². The normalized spacial score (nSPS) is 14.2. The molecule has 0 atom stereocenters. The molecule has 1 fully saturated rings. The number of morpholine rings is 1. The first-order chi connectivity index (χ1) is 13.8. The number of benzene rings is 2. The Hall–Kier alpha value is -3.06. The summed E-state index contributed by atoms with van der Waals surface area (Å²) in [5.41, 5.74) is 2.33. The van der Waals surface area contributed by atoms with E-state index in [0.29, 0.717) is 11.3 Å². The Bertz CT molecular complexity index is 836.